The van der Waals surface area contributed by atoms with Gasteiger partial charge in [0, 0.05) is 10.7 Å². The Morgan fingerprint density at radius 1 is 1.22 bits per heavy atom. The van der Waals surface area contributed by atoms with Gasteiger partial charge in [-0.3, -0.25) is 9.48 Å². The summed E-state index contributed by atoms with van der Waals surface area (Å²) >= 11 is 3.37. The van der Waals surface area contributed by atoms with Crippen molar-refractivity contribution in [2.75, 3.05) is 5.32 Å². The van der Waals surface area contributed by atoms with Gasteiger partial charge in [-0.05, 0) is 45.4 Å². The Morgan fingerprint density at radius 2 is 1.78 bits per heavy atom. The number of nitrogens with one attached hydrogen (secondary N) is 1. The zero-order valence-corrected chi connectivity index (χ0v) is 16.0. The van der Waals surface area contributed by atoms with Gasteiger partial charge in [-0.15, -0.1) is 12.4 Å². The second-order valence-corrected chi connectivity index (χ2v) is 7.42. The maximum absolute atomic E-state index is 12.5. The van der Waals surface area contributed by atoms with Gasteiger partial charge in [0.2, 0.25) is 5.91 Å². The van der Waals surface area contributed by atoms with Crippen LogP contribution in [-0.4, -0.2) is 15.7 Å². The van der Waals surface area contributed by atoms with E-state index in [1.807, 2.05) is 45.0 Å². The van der Waals surface area contributed by atoms with Crippen LogP contribution in [0, 0.1) is 0 Å². The molecule has 1 aromatic carbocycles. The number of benzene rings is 1. The molecule has 23 heavy (non-hydrogen) atoms. The van der Waals surface area contributed by atoms with E-state index in [-0.39, 0.29) is 23.9 Å². The first-order valence-corrected chi connectivity index (χ1v) is 7.81. The van der Waals surface area contributed by atoms with Crippen LogP contribution in [0.3, 0.4) is 0 Å². The third kappa shape index (κ3) is 4.56. The number of carbonyl (C=O) groups is 1. The summed E-state index contributed by atoms with van der Waals surface area (Å²) in [5.41, 5.74) is 6.34. The van der Waals surface area contributed by atoms with Crippen LogP contribution in [-0.2, 0) is 15.9 Å². The van der Waals surface area contributed by atoms with Crippen LogP contribution in [0.25, 0.3) is 0 Å². The molecule has 0 aliphatic carbocycles. The van der Waals surface area contributed by atoms with E-state index in [4.69, 9.17) is 5.73 Å². The molecular weight excluding hydrogens is 380 g/mol. The molecule has 7 heteroatoms. The van der Waals surface area contributed by atoms with Crippen molar-refractivity contribution in [2.24, 2.45) is 5.73 Å². The van der Waals surface area contributed by atoms with Crippen LogP contribution in [0.15, 0.2) is 41.1 Å². The molecule has 0 spiro atoms. The highest BCUT2D eigenvalue weighted by Gasteiger charge is 2.31. The summed E-state index contributed by atoms with van der Waals surface area (Å²) in [6.07, 6.45) is 3.43. The lowest BCUT2D eigenvalue weighted by atomic mass is 9.92. The fraction of sp³-hybridized carbons (Fsp3) is 0.375. The number of carbonyl (C=O) groups excluding carboxylic acids is 1. The quantitative estimate of drug-likeness (QED) is 0.824. The van der Waals surface area contributed by atoms with E-state index in [2.05, 4.69) is 26.3 Å². The van der Waals surface area contributed by atoms with Gasteiger partial charge in [0.25, 0.3) is 0 Å². The van der Waals surface area contributed by atoms with Crippen LogP contribution in [0.5, 0.6) is 0 Å². The van der Waals surface area contributed by atoms with Crippen molar-refractivity contribution >= 4 is 39.9 Å². The lowest BCUT2D eigenvalue weighted by Crippen LogP contribution is -2.45. The number of nitrogens with two attached hydrogens (primary N) is 1. The number of halogens is 2. The molecule has 2 rings (SSSR count). The van der Waals surface area contributed by atoms with Crippen LogP contribution in [0.2, 0.25) is 0 Å². The number of amides is 1. The molecule has 0 saturated carbocycles. The summed E-state index contributed by atoms with van der Waals surface area (Å²) in [5.74, 6) is -0.275. The maximum Gasteiger partial charge on any atom is 0.248 e. The van der Waals surface area contributed by atoms with Gasteiger partial charge < -0.3 is 11.1 Å². The molecular formula is C16H22BrClN4O. The van der Waals surface area contributed by atoms with Gasteiger partial charge in [-0.2, -0.15) is 5.10 Å². The maximum atomic E-state index is 12.5. The minimum Gasteiger partial charge on any atom is -0.322 e. The van der Waals surface area contributed by atoms with Gasteiger partial charge in [-0.25, -0.2) is 0 Å². The molecule has 0 aliphatic rings. The van der Waals surface area contributed by atoms with E-state index in [0.29, 0.717) is 5.69 Å². The van der Waals surface area contributed by atoms with Crippen molar-refractivity contribution in [1.29, 1.82) is 0 Å². The predicted octanol–water partition coefficient (Wildman–Crippen LogP) is 3.64. The van der Waals surface area contributed by atoms with Crippen molar-refractivity contribution in [3.05, 3.63) is 46.7 Å². The van der Waals surface area contributed by atoms with Crippen molar-refractivity contribution in [1.82, 2.24) is 9.78 Å². The van der Waals surface area contributed by atoms with E-state index >= 15 is 0 Å². The summed E-state index contributed by atoms with van der Waals surface area (Å²) in [6, 6.07) is 7.40. The summed E-state index contributed by atoms with van der Waals surface area (Å²) < 4.78 is 2.75. The van der Waals surface area contributed by atoms with Crippen LogP contribution >= 0.6 is 28.3 Å². The van der Waals surface area contributed by atoms with Crippen molar-refractivity contribution in [2.45, 2.75) is 38.8 Å². The number of hydrogen-bond donors (Lipinski definition) is 2. The zero-order valence-electron chi connectivity index (χ0n) is 13.6. The number of anilines is 1. The molecule has 0 radical (unpaired) electrons. The van der Waals surface area contributed by atoms with E-state index in [1.165, 1.54) is 0 Å². The topological polar surface area (TPSA) is 72.9 Å². The van der Waals surface area contributed by atoms with E-state index < -0.39 is 5.54 Å². The average molecular weight is 402 g/mol. The van der Waals surface area contributed by atoms with Gasteiger partial charge in [-0.1, -0.05) is 28.1 Å². The van der Waals surface area contributed by atoms with Crippen LogP contribution in [0.1, 0.15) is 33.3 Å². The lowest BCUT2D eigenvalue weighted by Gasteiger charge is -2.24. The van der Waals surface area contributed by atoms with Gasteiger partial charge in [0.05, 0.1) is 17.4 Å². The summed E-state index contributed by atoms with van der Waals surface area (Å²) in [7, 11) is 0. The van der Waals surface area contributed by atoms with E-state index in [0.717, 1.165) is 10.0 Å². The molecule has 1 aromatic heterocycles. The second kappa shape index (κ2) is 7.03. The Labute approximate surface area is 151 Å². The largest absolute Gasteiger partial charge is 0.322 e. The highest BCUT2D eigenvalue weighted by Crippen LogP contribution is 2.23. The minimum absolute atomic E-state index is 0. The molecule has 1 amide bonds. The van der Waals surface area contributed by atoms with Gasteiger partial charge >= 0.3 is 0 Å². The molecule has 0 saturated heterocycles. The Balaban J connectivity index is 0.00000264. The SMILES string of the molecule is CC(N)(C(=O)Nc1cnn(C(C)(C)C)c1)c1ccc(Br)cc1.Cl. The monoisotopic (exact) mass is 400 g/mol. The number of rotatable bonds is 3. The molecule has 3 N–H and O–H groups in total. The van der Waals surface area contributed by atoms with E-state index in [1.54, 1.807) is 24.0 Å². The standard InChI is InChI=1S/C16H21BrN4O.ClH/c1-15(2,3)21-10-13(9-19-21)20-14(22)16(4,18)11-5-7-12(17)8-6-11;/h5-10H,18H2,1-4H3,(H,20,22);1H. The fourth-order valence-electron chi connectivity index (χ4n) is 1.94. The highest BCUT2D eigenvalue weighted by atomic mass is 79.9. The average Bonchev–Trinajstić information content (AvgIpc) is 2.87. The van der Waals surface area contributed by atoms with Gasteiger partial charge in [0.15, 0.2) is 0 Å². The first kappa shape index (κ1) is 19.7. The summed E-state index contributed by atoms with van der Waals surface area (Å²) in [6.45, 7) is 7.82. The molecule has 1 heterocycles. The van der Waals surface area contributed by atoms with Crippen molar-refractivity contribution < 1.29 is 4.79 Å². The predicted molar refractivity (Wildman–Crippen MR) is 98.8 cm³/mol. The molecule has 126 valence electrons. The molecule has 0 aliphatic heterocycles. The minimum atomic E-state index is -1.12. The molecule has 0 bridgehead atoms. The Kier molecular flexibility index (Phi) is 6.01. The molecule has 5 nitrogen and oxygen atoms in total. The Morgan fingerprint density at radius 3 is 2.26 bits per heavy atom. The zero-order chi connectivity index (χ0) is 16.5. The van der Waals surface area contributed by atoms with Crippen LogP contribution < -0.4 is 11.1 Å². The van der Waals surface area contributed by atoms with Gasteiger partial charge in [0.1, 0.15) is 5.54 Å². The lowest BCUT2D eigenvalue weighted by molar-refractivity contribution is -0.120. The number of hydrogen-bond acceptors (Lipinski definition) is 3. The first-order valence-electron chi connectivity index (χ1n) is 7.02. The second-order valence-electron chi connectivity index (χ2n) is 6.51. The van der Waals surface area contributed by atoms with E-state index in [9.17, 15) is 4.79 Å². The third-order valence-corrected chi connectivity index (χ3v) is 3.97. The third-order valence-electron chi connectivity index (χ3n) is 3.44. The van der Waals surface area contributed by atoms with Crippen molar-refractivity contribution in [3.8, 4) is 0 Å². The Hall–Kier alpha value is -1.37. The molecule has 0 fully saturated rings. The number of nitrogens with zero attached hydrogens (tertiary/aromatic N) is 2. The number of aromatic nitrogens is 2. The van der Waals surface area contributed by atoms with Crippen LogP contribution in [0.4, 0.5) is 5.69 Å². The summed E-state index contributed by atoms with van der Waals surface area (Å²) in [5, 5.41) is 7.09. The normalized spacial score (nSPS) is 13.8. The highest BCUT2D eigenvalue weighted by molar-refractivity contribution is 9.10. The molecule has 1 unspecified atom stereocenters. The van der Waals surface area contributed by atoms with Crippen molar-refractivity contribution in [3.63, 3.8) is 0 Å². The smallest absolute Gasteiger partial charge is 0.248 e. The summed E-state index contributed by atoms with van der Waals surface area (Å²) in [4.78, 5) is 12.5. The Bertz CT molecular complexity index is 674. The molecule has 2 aromatic rings. The fourth-order valence-corrected chi connectivity index (χ4v) is 2.21. The molecule has 1 atom stereocenters. The first-order chi connectivity index (χ1) is 10.1.